The third-order valence-corrected chi connectivity index (χ3v) is 6.51. The van der Waals surface area contributed by atoms with Crippen LogP contribution in [0.25, 0.3) is 16.8 Å². The number of benzene rings is 2. The van der Waals surface area contributed by atoms with Gasteiger partial charge in [-0.05, 0) is 40.8 Å². The Morgan fingerprint density at radius 2 is 1.81 bits per heavy atom. The molecule has 2 aromatic heterocycles. The molecule has 0 saturated carbocycles. The molecule has 0 aliphatic heterocycles. The van der Waals surface area contributed by atoms with Crippen molar-refractivity contribution in [3.05, 3.63) is 93.3 Å². The predicted molar refractivity (Wildman–Crippen MR) is 114 cm³/mol. The molecule has 0 radical (unpaired) electrons. The van der Waals surface area contributed by atoms with Crippen LogP contribution in [0.1, 0.15) is 11.3 Å². The van der Waals surface area contributed by atoms with E-state index in [4.69, 9.17) is 16.9 Å². The highest BCUT2D eigenvalue weighted by atomic mass is 35.5. The first kappa shape index (κ1) is 20.5. The maximum Gasteiger partial charge on any atom is 0.352 e. The third kappa shape index (κ3) is 3.86. The zero-order valence-electron chi connectivity index (χ0n) is 15.8. The summed E-state index contributed by atoms with van der Waals surface area (Å²) in [6, 6.07) is 17.8. The van der Waals surface area contributed by atoms with E-state index in [1.54, 1.807) is 48.5 Å². The Kier molecular flexibility index (Phi) is 5.19. The molecule has 4 aromatic rings. The van der Waals surface area contributed by atoms with Crippen molar-refractivity contribution in [1.82, 2.24) is 9.38 Å². The van der Waals surface area contributed by atoms with Crippen LogP contribution in [0.4, 0.5) is 5.82 Å². The summed E-state index contributed by atoms with van der Waals surface area (Å²) in [5.74, 6) is -1.11. The van der Waals surface area contributed by atoms with Crippen LogP contribution in [0, 0.1) is 21.4 Å². The van der Waals surface area contributed by atoms with Crippen molar-refractivity contribution in [2.24, 2.45) is 0 Å². The Balaban J connectivity index is 1.92. The van der Waals surface area contributed by atoms with E-state index in [2.05, 4.69) is 4.98 Å². The van der Waals surface area contributed by atoms with Gasteiger partial charge in [-0.3, -0.25) is 0 Å². The summed E-state index contributed by atoms with van der Waals surface area (Å²) in [6.45, 7) is 0. The fraction of sp³-hybridized carbons (Fsp3) is 0.0476. The van der Waals surface area contributed by atoms with Gasteiger partial charge >= 0.3 is 5.82 Å². The van der Waals surface area contributed by atoms with Gasteiger partial charge in [0.05, 0.1) is 27.1 Å². The highest BCUT2D eigenvalue weighted by molar-refractivity contribution is 7.90. The molecular weight excluding hydrogens is 440 g/mol. The topological polar surface area (TPSA) is 118 Å². The van der Waals surface area contributed by atoms with Crippen LogP contribution < -0.4 is 0 Å². The van der Waals surface area contributed by atoms with Crippen molar-refractivity contribution < 1.29 is 13.3 Å². The first-order valence-corrected chi connectivity index (χ1v) is 11.0. The standard InChI is InChI=1S/C21H13ClN4O4S/c22-16-10-18(15-8-6-14(11-23)7-9-15)20-24-19(21(26(27)28)25(20)12-16)13-31(29,30)17-4-2-1-3-5-17/h1-10,12H,13H2. The largest absolute Gasteiger partial charge is 0.358 e. The number of nitrogens with zero attached hydrogens (tertiary/aromatic N) is 4. The average molecular weight is 453 g/mol. The van der Waals surface area contributed by atoms with E-state index in [1.807, 2.05) is 6.07 Å². The van der Waals surface area contributed by atoms with Gasteiger partial charge in [0, 0.05) is 0 Å². The molecule has 0 unspecified atom stereocenters. The number of imidazole rings is 1. The quantitative estimate of drug-likeness (QED) is 0.327. The molecule has 31 heavy (non-hydrogen) atoms. The molecular formula is C21H13ClN4O4S. The molecule has 0 bridgehead atoms. The number of pyridine rings is 1. The summed E-state index contributed by atoms with van der Waals surface area (Å²) < 4.78 is 26.8. The van der Waals surface area contributed by atoms with Crippen molar-refractivity contribution in [3.8, 4) is 17.2 Å². The Morgan fingerprint density at radius 3 is 2.42 bits per heavy atom. The van der Waals surface area contributed by atoms with E-state index in [0.29, 0.717) is 16.7 Å². The molecule has 0 saturated heterocycles. The minimum atomic E-state index is -3.86. The lowest BCUT2D eigenvalue weighted by Crippen LogP contribution is -2.07. The first-order valence-electron chi connectivity index (χ1n) is 8.93. The molecule has 0 aliphatic rings. The van der Waals surface area contributed by atoms with Gasteiger partial charge in [0.2, 0.25) is 5.65 Å². The second-order valence-electron chi connectivity index (χ2n) is 6.67. The average Bonchev–Trinajstić information content (AvgIpc) is 3.11. The molecule has 2 heterocycles. The van der Waals surface area contributed by atoms with E-state index < -0.39 is 26.3 Å². The highest BCUT2D eigenvalue weighted by Gasteiger charge is 2.29. The number of halogens is 1. The fourth-order valence-electron chi connectivity index (χ4n) is 3.26. The van der Waals surface area contributed by atoms with Gasteiger partial charge in [0.25, 0.3) is 0 Å². The van der Waals surface area contributed by atoms with Crippen molar-refractivity contribution in [3.63, 3.8) is 0 Å². The maximum absolute atomic E-state index is 12.8. The van der Waals surface area contributed by atoms with Gasteiger partial charge in [0.15, 0.2) is 15.5 Å². The second kappa shape index (κ2) is 7.83. The van der Waals surface area contributed by atoms with E-state index in [0.717, 1.165) is 0 Å². The molecule has 0 aliphatic carbocycles. The van der Waals surface area contributed by atoms with Gasteiger partial charge in [-0.25, -0.2) is 13.4 Å². The lowest BCUT2D eigenvalue weighted by molar-refractivity contribution is -0.391. The third-order valence-electron chi connectivity index (χ3n) is 4.66. The Hall–Kier alpha value is -3.74. The van der Waals surface area contributed by atoms with Crippen molar-refractivity contribution >= 4 is 32.9 Å². The molecule has 0 atom stereocenters. The number of aromatic nitrogens is 2. The SMILES string of the molecule is N#Cc1ccc(-c2cc(Cl)cn3c([N+](=O)[O-])c(CS(=O)(=O)c4ccccc4)nc23)cc1. The Labute approximate surface area is 182 Å². The monoisotopic (exact) mass is 452 g/mol. The minimum absolute atomic E-state index is 0.0479. The number of rotatable bonds is 5. The Morgan fingerprint density at radius 1 is 1.13 bits per heavy atom. The number of nitro groups is 1. The molecule has 0 N–H and O–H groups in total. The normalized spacial score (nSPS) is 11.4. The summed E-state index contributed by atoms with van der Waals surface area (Å²) in [4.78, 5) is 15.5. The highest BCUT2D eigenvalue weighted by Crippen LogP contribution is 2.33. The zero-order chi connectivity index (χ0) is 22.2. The molecule has 10 heteroatoms. The number of hydrogen-bond acceptors (Lipinski definition) is 6. The van der Waals surface area contributed by atoms with Gasteiger partial charge in [-0.15, -0.1) is 0 Å². The summed E-state index contributed by atoms with van der Waals surface area (Å²) in [5, 5.41) is 21.0. The van der Waals surface area contributed by atoms with E-state index >= 15 is 0 Å². The molecule has 4 rings (SSSR count). The summed E-state index contributed by atoms with van der Waals surface area (Å²) in [7, 11) is -3.86. The van der Waals surface area contributed by atoms with Crippen LogP contribution in [0.5, 0.6) is 0 Å². The van der Waals surface area contributed by atoms with Crippen LogP contribution in [-0.4, -0.2) is 22.7 Å². The number of nitriles is 1. The van der Waals surface area contributed by atoms with Crippen molar-refractivity contribution in [2.75, 3.05) is 0 Å². The summed E-state index contributed by atoms with van der Waals surface area (Å²) in [5.41, 5.74) is 1.56. The van der Waals surface area contributed by atoms with E-state index in [1.165, 1.54) is 22.7 Å². The molecule has 0 amide bonds. The van der Waals surface area contributed by atoms with Crippen molar-refractivity contribution in [2.45, 2.75) is 10.6 Å². The number of hydrogen-bond donors (Lipinski definition) is 0. The fourth-order valence-corrected chi connectivity index (χ4v) is 4.76. The van der Waals surface area contributed by atoms with E-state index in [9.17, 15) is 18.5 Å². The number of fused-ring (bicyclic) bond motifs is 1. The van der Waals surface area contributed by atoms with E-state index in [-0.39, 0.29) is 21.3 Å². The first-order chi connectivity index (χ1) is 14.8. The van der Waals surface area contributed by atoms with Crippen LogP contribution in [0.2, 0.25) is 5.02 Å². The summed E-state index contributed by atoms with van der Waals surface area (Å²) >= 11 is 6.21. The molecule has 154 valence electrons. The number of sulfone groups is 1. The van der Waals surface area contributed by atoms with Crippen LogP contribution in [0.15, 0.2) is 71.8 Å². The van der Waals surface area contributed by atoms with Gasteiger partial charge in [0.1, 0.15) is 11.9 Å². The van der Waals surface area contributed by atoms with Gasteiger partial charge in [-0.1, -0.05) is 41.9 Å². The molecule has 2 aromatic carbocycles. The van der Waals surface area contributed by atoms with Gasteiger partial charge < -0.3 is 10.1 Å². The van der Waals surface area contributed by atoms with Crippen LogP contribution in [0.3, 0.4) is 0 Å². The molecule has 0 fully saturated rings. The molecule has 0 spiro atoms. The lowest BCUT2D eigenvalue weighted by Gasteiger charge is -2.03. The van der Waals surface area contributed by atoms with Gasteiger partial charge in [-0.2, -0.15) is 9.66 Å². The van der Waals surface area contributed by atoms with Crippen LogP contribution in [-0.2, 0) is 15.6 Å². The second-order valence-corrected chi connectivity index (χ2v) is 9.09. The lowest BCUT2D eigenvalue weighted by atomic mass is 10.1. The zero-order valence-corrected chi connectivity index (χ0v) is 17.3. The maximum atomic E-state index is 12.8. The smallest absolute Gasteiger partial charge is 0.352 e. The molecule has 8 nitrogen and oxygen atoms in total. The van der Waals surface area contributed by atoms with Crippen LogP contribution >= 0.6 is 11.6 Å². The summed E-state index contributed by atoms with van der Waals surface area (Å²) in [6.07, 6.45) is 1.33. The minimum Gasteiger partial charge on any atom is -0.358 e. The van der Waals surface area contributed by atoms with Crippen molar-refractivity contribution in [1.29, 1.82) is 5.26 Å². The predicted octanol–water partition coefficient (Wildman–Crippen LogP) is 4.41. The Bertz CT molecular complexity index is 1460.